The molecule has 28 heavy (non-hydrogen) atoms. The lowest BCUT2D eigenvalue weighted by Crippen LogP contribution is -2.34. The molecule has 6 nitrogen and oxygen atoms in total. The first-order valence-electron chi connectivity index (χ1n) is 10.0. The molecule has 0 aliphatic heterocycles. The SMILES string of the molecule is COc1ccc(F)c(-c2nc(N[C@H](C)C3CC3)nc(NC(C)(C)C3CC3)n2)c1. The fourth-order valence-electron chi connectivity index (χ4n) is 3.53. The van der Waals surface area contributed by atoms with Gasteiger partial charge in [0.25, 0.3) is 0 Å². The molecule has 0 bridgehead atoms. The van der Waals surface area contributed by atoms with E-state index in [4.69, 9.17) is 4.74 Å². The minimum atomic E-state index is -0.388. The van der Waals surface area contributed by atoms with Gasteiger partial charge in [0.1, 0.15) is 11.6 Å². The number of rotatable bonds is 8. The minimum Gasteiger partial charge on any atom is -0.497 e. The number of anilines is 2. The molecule has 4 rings (SSSR count). The van der Waals surface area contributed by atoms with Gasteiger partial charge in [0.15, 0.2) is 5.82 Å². The van der Waals surface area contributed by atoms with E-state index in [2.05, 4.69) is 46.4 Å². The second kappa shape index (κ2) is 7.18. The van der Waals surface area contributed by atoms with Crippen molar-refractivity contribution >= 4 is 11.9 Å². The van der Waals surface area contributed by atoms with Gasteiger partial charge >= 0.3 is 0 Å². The number of halogens is 1. The maximum Gasteiger partial charge on any atom is 0.228 e. The molecule has 150 valence electrons. The summed E-state index contributed by atoms with van der Waals surface area (Å²) < 4.78 is 19.8. The van der Waals surface area contributed by atoms with Gasteiger partial charge in [-0.1, -0.05) is 0 Å². The van der Waals surface area contributed by atoms with Crippen LogP contribution < -0.4 is 15.4 Å². The highest BCUT2D eigenvalue weighted by atomic mass is 19.1. The van der Waals surface area contributed by atoms with Gasteiger partial charge in [0, 0.05) is 11.6 Å². The molecule has 1 aromatic carbocycles. The first-order valence-corrected chi connectivity index (χ1v) is 10.0. The zero-order valence-electron chi connectivity index (χ0n) is 16.9. The van der Waals surface area contributed by atoms with Crippen molar-refractivity contribution in [2.45, 2.75) is 58.0 Å². The molecular formula is C21H28FN5O. The van der Waals surface area contributed by atoms with E-state index in [1.165, 1.54) is 31.7 Å². The van der Waals surface area contributed by atoms with Gasteiger partial charge in [0.05, 0.1) is 12.7 Å². The van der Waals surface area contributed by atoms with Crippen LogP contribution in [0.5, 0.6) is 5.75 Å². The van der Waals surface area contributed by atoms with Crippen LogP contribution in [0.15, 0.2) is 18.2 Å². The number of ether oxygens (including phenoxy) is 1. The number of aromatic nitrogens is 3. The van der Waals surface area contributed by atoms with Crippen molar-refractivity contribution in [3.05, 3.63) is 24.0 Å². The first kappa shape index (κ1) is 18.9. The Kier molecular flexibility index (Phi) is 4.85. The molecule has 0 spiro atoms. The van der Waals surface area contributed by atoms with Crippen LogP contribution in [-0.4, -0.2) is 33.6 Å². The number of hydrogen-bond acceptors (Lipinski definition) is 6. The highest BCUT2D eigenvalue weighted by Gasteiger charge is 2.38. The van der Waals surface area contributed by atoms with E-state index in [1.54, 1.807) is 19.2 Å². The summed E-state index contributed by atoms with van der Waals surface area (Å²) in [7, 11) is 1.56. The fourth-order valence-corrected chi connectivity index (χ4v) is 3.53. The fraction of sp³-hybridized carbons (Fsp3) is 0.571. The van der Waals surface area contributed by atoms with E-state index in [0.717, 1.165) is 0 Å². The van der Waals surface area contributed by atoms with E-state index >= 15 is 0 Å². The van der Waals surface area contributed by atoms with Crippen molar-refractivity contribution in [3.8, 4) is 17.1 Å². The Labute approximate surface area is 165 Å². The predicted molar refractivity (Wildman–Crippen MR) is 108 cm³/mol. The van der Waals surface area contributed by atoms with Crippen molar-refractivity contribution in [2.24, 2.45) is 11.8 Å². The maximum atomic E-state index is 14.5. The highest BCUT2D eigenvalue weighted by molar-refractivity contribution is 5.61. The van der Waals surface area contributed by atoms with Crippen molar-refractivity contribution in [2.75, 3.05) is 17.7 Å². The smallest absolute Gasteiger partial charge is 0.228 e. The third-order valence-corrected chi connectivity index (χ3v) is 5.77. The average Bonchev–Trinajstić information content (AvgIpc) is 3.54. The van der Waals surface area contributed by atoms with Crippen LogP contribution in [0.4, 0.5) is 16.3 Å². The van der Waals surface area contributed by atoms with Crippen LogP contribution in [-0.2, 0) is 0 Å². The zero-order valence-corrected chi connectivity index (χ0v) is 16.9. The lowest BCUT2D eigenvalue weighted by atomic mass is 9.99. The number of nitrogens with one attached hydrogen (secondary N) is 2. The molecule has 0 amide bonds. The number of hydrogen-bond donors (Lipinski definition) is 2. The quantitative estimate of drug-likeness (QED) is 0.697. The molecule has 2 aliphatic rings. The van der Waals surface area contributed by atoms with Gasteiger partial charge in [-0.2, -0.15) is 15.0 Å². The molecule has 0 saturated heterocycles. The second-order valence-corrected chi connectivity index (χ2v) is 8.54. The number of benzene rings is 1. The minimum absolute atomic E-state index is 0.120. The van der Waals surface area contributed by atoms with Gasteiger partial charge in [-0.05, 0) is 76.5 Å². The summed E-state index contributed by atoms with van der Waals surface area (Å²) >= 11 is 0. The normalized spacial score (nSPS) is 17.9. The largest absolute Gasteiger partial charge is 0.497 e. The van der Waals surface area contributed by atoms with E-state index < -0.39 is 0 Å². The molecule has 1 heterocycles. The van der Waals surface area contributed by atoms with E-state index in [1.807, 2.05) is 0 Å². The Bertz CT molecular complexity index is 864. The van der Waals surface area contributed by atoms with E-state index in [9.17, 15) is 4.39 Å². The van der Waals surface area contributed by atoms with Crippen LogP contribution in [0, 0.1) is 17.7 Å². The summed E-state index contributed by atoms with van der Waals surface area (Å²) in [6.07, 6.45) is 4.84. The Balaban J connectivity index is 1.70. The van der Waals surface area contributed by atoms with Crippen molar-refractivity contribution in [3.63, 3.8) is 0 Å². The van der Waals surface area contributed by atoms with Gasteiger partial charge in [-0.3, -0.25) is 0 Å². The molecule has 1 aromatic heterocycles. The Morgan fingerprint density at radius 2 is 1.82 bits per heavy atom. The molecule has 2 fully saturated rings. The van der Waals surface area contributed by atoms with Crippen LogP contribution in [0.25, 0.3) is 11.4 Å². The third-order valence-electron chi connectivity index (χ3n) is 5.77. The van der Waals surface area contributed by atoms with Crippen molar-refractivity contribution < 1.29 is 9.13 Å². The maximum absolute atomic E-state index is 14.5. The molecule has 0 unspecified atom stereocenters. The van der Waals surface area contributed by atoms with Gasteiger partial charge in [-0.25, -0.2) is 4.39 Å². The summed E-state index contributed by atoms with van der Waals surface area (Å²) in [4.78, 5) is 13.6. The molecule has 2 aliphatic carbocycles. The van der Waals surface area contributed by atoms with Crippen molar-refractivity contribution in [1.82, 2.24) is 15.0 Å². The van der Waals surface area contributed by atoms with Crippen LogP contribution in [0.1, 0.15) is 46.5 Å². The monoisotopic (exact) mass is 385 g/mol. The van der Waals surface area contributed by atoms with Gasteiger partial charge in [-0.15, -0.1) is 0 Å². The lowest BCUT2D eigenvalue weighted by molar-refractivity contribution is 0.414. The average molecular weight is 385 g/mol. The molecule has 2 N–H and O–H groups in total. The molecule has 1 atom stereocenters. The third kappa shape index (κ3) is 4.18. The Morgan fingerprint density at radius 1 is 1.11 bits per heavy atom. The molecule has 2 aromatic rings. The standard InChI is InChI=1S/C21H28FN5O/c1-12(13-5-6-13)23-19-24-18(16-11-15(28-4)9-10-17(16)22)25-20(26-19)27-21(2,3)14-7-8-14/h9-14H,5-8H2,1-4H3,(H2,23,24,25,26,27)/t12-/m1/s1. The van der Waals surface area contributed by atoms with E-state index in [0.29, 0.717) is 40.9 Å². The Morgan fingerprint density at radius 3 is 2.46 bits per heavy atom. The van der Waals surface area contributed by atoms with Crippen LogP contribution in [0.2, 0.25) is 0 Å². The summed E-state index contributed by atoms with van der Waals surface area (Å²) in [5.41, 5.74) is 0.182. The topological polar surface area (TPSA) is 72.0 Å². The molecular weight excluding hydrogens is 357 g/mol. The summed E-state index contributed by atoms with van der Waals surface area (Å²) in [6, 6.07) is 4.85. The zero-order chi connectivity index (χ0) is 19.9. The van der Waals surface area contributed by atoms with Crippen molar-refractivity contribution in [1.29, 1.82) is 0 Å². The molecule has 7 heteroatoms. The Hall–Kier alpha value is -2.44. The molecule has 2 saturated carbocycles. The van der Waals surface area contributed by atoms with E-state index in [-0.39, 0.29) is 17.4 Å². The predicted octanol–water partition coefficient (Wildman–Crippen LogP) is 4.50. The highest BCUT2D eigenvalue weighted by Crippen LogP contribution is 2.41. The molecule has 0 radical (unpaired) electrons. The van der Waals surface area contributed by atoms with Crippen LogP contribution in [0.3, 0.4) is 0 Å². The summed E-state index contributed by atoms with van der Waals surface area (Å²) in [6.45, 7) is 6.44. The van der Waals surface area contributed by atoms with Gasteiger partial charge in [0.2, 0.25) is 11.9 Å². The lowest BCUT2D eigenvalue weighted by Gasteiger charge is -2.26. The summed E-state index contributed by atoms with van der Waals surface area (Å²) in [5, 5.41) is 6.82. The number of nitrogens with zero attached hydrogens (tertiary/aromatic N) is 3. The summed E-state index contributed by atoms with van der Waals surface area (Å²) in [5.74, 6) is 2.66. The number of methoxy groups -OCH3 is 1. The van der Waals surface area contributed by atoms with Gasteiger partial charge < -0.3 is 15.4 Å². The first-order chi connectivity index (χ1) is 13.4. The second-order valence-electron chi connectivity index (χ2n) is 8.54. The van der Waals surface area contributed by atoms with Crippen LogP contribution >= 0.6 is 0 Å².